The summed E-state index contributed by atoms with van der Waals surface area (Å²) < 4.78 is 5.14. The van der Waals surface area contributed by atoms with Gasteiger partial charge in [0.1, 0.15) is 5.75 Å². The van der Waals surface area contributed by atoms with Crippen molar-refractivity contribution in [1.29, 1.82) is 0 Å². The van der Waals surface area contributed by atoms with E-state index < -0.39 is 0 Å². The summed E-state index contributed by atoms with van der Waals surface area (Å²) in [4.78, 5) is 38.9. The van der Waals surface area contributed by atoms with Gasteiger partial charge in [0.05, 0.1) is 13.2 Å². The van der Waals surface area contributed by atoms with Crippen LogP contribution in [0.2, 0.25) is 0 Å². The van der Waals surface area contributed by atoms with Gasteiger partial charge in [-0.3, -0.25) is 19.3 Å². The molecule has 3 unspecified atom stereocenters. The highest BCUT2D eigenvalue weighted by molar-refractivity contribution is 5.84. The number of hydrogen-bond acceptors (Lipinski definition) is 5. The SMILES string of the molecule is COc1ccc(CNC(=O)CCC2CNC(=O)C3CC(NC(=O)C4CC4)CN23)cc1. The van der Waals surface area contributed by atoms with E-state index in [2.05, 4.69) is 20.9 Å². The fraction of sp³-hybridized carbons (Fsp3) is 0.591. The van der Waals surface area contributed by atoms with Crippen LogP contribution in [0, 0.1) is 5.92 Å². The first-order valence-electron chi connectivity index (χ1n) is 10.8. The summed E-state index contributed by atoms with van der Waals surface area (Å²) in [6, 6.07) is 7.52. The number of benzene rings is 1. The largest absolute Gasteiger partial charge is 0.497 e. The Morgan fingerprint density at radius 1 is 1.23 bits per heavy atom. The summed E-state index contributed by atoms with van der Waals surface area (Å²) in [7, 11) is 1.62. The molecule has 3 fully saturated rings. The summed E-state index contributed by atoms with van der Waals surface area (Å²) in [5.41, 5.74) is 1.02. The van der Waals surface area contributed by atoms with Crippen molar-refractivity contribution < 1.29 is 19.1 Å². The second-order valence-corrected chi connectivity index (χ2v) is 8.49. The van der Waals surface area contributed by atoms with Crippen molar-refractivity contribution in [3.8, 4) is 5.75 Å². The summed E-state index contributed by atoms with van der Waals surface area (Å²) in [5.74, 6) is 1.10. The van der Waals surface area contributed by atoms with E-state index in [1.54, 1.807) is 7.11 Å². The number of rotatable bonds is 8. The number of carbonyl (C=O) groups is 3. The third-order valence-electron chi connectivity index (χ3n) is 6.27. The van der Waals surface area contributed by atoms with E-state index in [4.69, 9.17) is 4.74 Å². The highest BCUT2D eigenvalue weighted by atomic mass is 16.5. The Bertz CT molecular complexity index is 793. The van der Waals surface area contributed by atoms with Gasteiger partial charge in [-0.2, -0.15) is 0 Å². The van der Waals surface area contributed by atoms with E-state index in [0.717, 1.165) is 24.2 Å². The van der Waals surface area contributed by atoms with Gasteiger partial charge in [-0.05, 0) is 43.4 Å². The molecule has 8 heteroatoms. The van der Waals surface area contributed by atoms with Gasteiger partial charge in [0.25, 0.3) is 0 Å². The van der Waals surface area contributed by atoms with Crippen LogP contribution in [-0.4, -0.2) is 60.9 Å². The van der Waals surface area contributed by atoms with Crippen molar-refractivity contribution in [3.05, 3.63) is 29.8 Å². The van der Waals surface area contributed by atoms with Crippen molar-refractivity contribution in [1.82, 2.24) is 20.9 Å². The van der Waals surface area contributed by atoms with Crippen LogP contribution in [-0.2, 0) is 20.9 Å². The summed E-state index contributed by atoms with van der Waals surface area (Å²) >= 11 is 0. The number of methoxy groups -OCH3 is 1. The number of carbonyl (C=O) groups excluding carboxylic acids is 3. The zero-order chi connectivity index (χ0) is 21.1. The molecule has 3 atom stereocenters. The Morgan fingerprint density at radius 3 is 2.70 bits per heavy atom. The van der Waals surface area contributed by atoms with Crippen molar-refractivity contribution in [2.45, 2.75) is 56.8 Å². The minimum Gasteiger partial charge on any atom is -0.497 e. The maximum absolute atomic E-state index is 12.3. The molecule has 4 rings (SSSR count). The number of nitrogens with zero attached hydrogens (tertiary/aromatic N) is 1. The zero-order valence-corrected chi connectivity index (χ0v) is 17.4. The van der Waals surface area contributed by atoms with Gasteiger partial charge in [-0.1, -0.05) is 12.1 Å². The average molecular weight is 415 g/mol. The Labute approximate surface area is 176 Å². The lowest BCUT2D eigenvalue weighted by molar-refractivity contribution is -0.129. The van der Waals surface area contributed by atoms with E-state index in [1.807, 2.05) is 24.3 Å². The smallest absolute Gasteiger partial charge is 0.237 e. The maximum atomic E-state index is 12.3. The van der Waals surface area contributed by atoms with Crippen molar-refractivity contribution >= 4 is 17.7 Å². The minimum atomic E-state index is -0.212. The molecule has 3 aliphatic rings. The fourth-order valence-corrected chi connectivity index (χ4v) is 4.34. The van der Waals surface area contributed by atoms with Gasteiger partial charge in [0.15, 0.2) is 0 Å². The average Bonchev–Trinajstić information content (AvgIpc) is 3.52. The van der Waals surface area contributed by atoms with Gasteiger partial charge >= 0.3 is 0 Å². The van der Waals surface area contributed by atoms with Crippen molar-refractivity contribution in [2.24, 2.45) is 5.92 Å². The standard InChI is InChI=1S/C22H30N4O4/c1-30-18-7-2-14(3-8-18)11-23-20(27)9-6-17-12-24-22(29)19-10-16(13-26(17)19)25-21(28)15-4-5-15/h2-3,7-8,15-17,19H,4-6,9-13H2,1H3,(H,23,27)(H,24,29)(H,25,28). The second-order valence-electron chi connectivity index (χ2n) is 8.49. The Balaban J connectivity index is 1.24. The van der Waals surface area contributed by atoms with Crippen LogP contribution in [0.3, 0.4) is 0 Å². The molecule has 30 heavy (non-hydrogen) atoms. The molecular weight excluding hydrogens is 384 g/mol. The molecule has 2 heterocycles. The van der Waals surface area contributed by atoms with E-state index in [0.29, 0.717) is 38.9 Å². The number of fused-ring (bicyclic) bond motifs is 1. The van der Waals surface area contributed by atoms with Crippen LogP contribution in [0.25, 0.3) is 0 Å². The van der Waals surface area contributed by atoms with Gasteiger partial charge in [0.2, 0.25) is 17.7 Å². The second kappa shape index (κ2) is 9.04. The Kier molecular flexibility index (Phi) is 6.22. The third-order valence-corrected chi connectivity index (χ3v) is 6.27. The van der Waals surface area contributed by atoms with Gasteiger partial charge < -0.3 is 20.7 Å². The van der Waals surface area contributed by atoms with E-state index in [1.165, 1.54) is 0 Å². The molecule has 0 bridgehead atoms. The van der Waals surface area contributed by atoms with Crippen LogP contribution in [0.4, 0.5) is 0 Å². The number of piperazine rings is 1. The maximum Gasteiger partial charge on any atom is 0.237 e. The number of nitrogens with one attached hydrogen (secondary N) is 3. The topological polar surface area (TPSA) is 99.8 Å². The monoisotopic (exact) mass is 414 g/mol. The lowest BCUT2D eigenvalue weighted by Crippen LogP contribution is -2.58. The molecule has 0 aromatic heterocycles. The van der Waals surface area contributed by atoms with Crippen LogP contribution >= 0.6 is 0 Å². The summed E-state index contributed by atoms with van der Waals surface area (Å²) in [6.07, 6.45) is 3.67. The Hall–Kier alpha value is -2.61. The van der Waals surface area contributed by atoms with Crippen LogP contribution in [0.5, 0.6) is 5.75 Å². The molecule has 0 spiro atoms. The highest BCUT2D eigenvalue weighted by Crippen LogP contribution is 2.30. The van der Waals surface area contributed by atoms with Gasteiger partial charge in [-0.15, -0.1) is 0 Å². The normalized spacial score (nSPS) is 25.9. The molecule has 8 nitrogen and oxygen atoms in total. The summed E-state index contributed by atoms with van der Waals surface area (Å²) in [6.45, 7) is 1.70. The van der Waals surface area contributed by atoms with E-state index in [9.17, 15) is 14.4 Å². The molecule has 0 radical (unpaired) electrons. The molecule has 2 aliphatic heterocycles. The zero-order valence-electron chi connectivity index (χ0n) is 17.4. The first-order valence-corrected chi connectivity index (χ1v) is 10.8. The summed E-state index contributed by atoms with van der Waals surface area (Å²) in [5, 5.41) is 9.03. The molecule has 3 N–H and O–H groups in total. The first kappa shape index (κ1) is 20.7. The minimum absolute atomic E-state index is 0.00273. The quantitative estimate of drug-likeness (QED) is 0.577. The molecule has 3 amide bonds. The predicted molar refractivity (Wildman–Crippen MR) is 111 cm³/mol. The number of ether oxygens (including phenoxy) is 1. The van der Waals surface area contributed by atoms with Gasteiger partial charge in [-0.25, -0.2) is 0 Å². The fourth-order valence-electron chi connectivity index (χ4n) is 4.34. The van der Waals surface area contributed by atoms with Crippen molar-refractivity contribution in [3.63, 3.8) is 0 Å². The van der Waals surface area contributed by atoms with Crippen LogP contribution < -0.4 is 20.7 Å². The van der Waals surface area contributed by atoms with Gasteiger partial charge in [0, 0.05) is 44.1 Å². The molecule has 1 aromatic carbocycles. The Morgan fingerprint density at radius 2 is 2.00 bits per heavy atom. The van der Waals surface area contributed by atoms with Crippen LogP contribution in [0.15, 0.2) is 24.3 Å². The third kappa shape index (κ3) is 4.92. The molecule has 1 aliphatic carbocycles. The number of hydrogen-bond donors (Lipinski definition) is 3. The van der Waals surface area contributed by atoms with Crippen molar-refractivity contribution in [2.75, 3.05) is 20.2 Å². The molecule has 1 aromatic rings. The van der Waals surface area contributed by atoms with Crippen LogP contribution in [0.1, 0.15) is 37.7 Å². The molecular formula is C22H30N4O4. The van der Waals surface area contributed by atoms with E-state index in [-0.39, 0.29) is 41.8 Å². The lowest BCUT2D eigenvalue weighted by Gasteiger charge is -2.37. The molecule has 1 saturated carbocycles. The molecule has 2 saturated heterocycles. The van der Waals surface area contributed by atoms with E-state index >= 15 is 0 Å². The number of amides is 3. The molecule has 162 valence electrons. The predicted octanol–water partition coefficient (Wildman–Crippen LogP) is 0.559. The lowest BCUT2D eigenvalue weighted by atomic mass is 10.0. The highest BCUT2D eigenvalue weighted by Gasteiger charge is 2.44. The first-order chi connectivity index (χ1) is 14.5.